The largest absolute Gasteiger partial charge is 0.472 e. The Kier molecular flexibility index (Phi) is 5.10. The molecule has 0 aromatic heterocycles. The normalized spacial score (nSPS) is 17.0. The summed E-state index contributed by atoms with van der Waals surface area (Å²) in [5.41, 5.74) is 2.13. The summed E-state index contributed by atoms with van der Waals surface area (Å²) in [4.78, 5) is 17.5. The van der Waals surface area contributed by atoms with E-state index in [1.54, 1.807) is 0 Å². The van der Waals surface area contributed by atoms with Crippen LogP contribution in [0.25, 0.3) is 0 Å². The highest BCUT2D eigenvalue weighted by molar-refractivity contribution is 7.46. The summed E-state index contributed by atoms with van der Waals surface area (Å²) < 4.78 is 20.8. The zero-order valence-corrected chi connectivity index (χ0v) is 13.5. The van der Waals surface area contributed by atoms with Crippen LogP contribution in [0.4, 0.5) is 0 Å². The third-order valence-electron chi connectivity index (χ3n) is 3.94. The molecule has 118 valence electrons. The van der Waals surface area contributed by atoms with Gasteiger partial charge in [0.2, 0.25) is 0 Å². The van der Waals surface area contributed by atoms with E-state index in [0.717, 1.165) is 11.1 Å². The molecule has 0 radical (unpaired) electrons. The fourth-order valence-corrected chi connectivity index (χ4v) is 2.75. The SMILES string of the molecule is CC(C)c1cccc([C@H](C)C2CC2)c1OCOP(=O)(O)O. The van der Waals surface area contributed by atoms with E-state index in [9.17, 15) is 4.57 Å². The minimum atomic E-state index is -4.51. The van der Waals surface area contributed by atoms with Crippen molar-refractivity contribution < 1.29 is 23.6 Å². The van der Waals surface area contributed by atoms with Gasteiger partial charge in [0.25, 0.3) is 0 Å². The highest BCUT2D eigenvalue weighted by Crippen LogP contribution is 2.46. The molecule has 1 aromatic carbocycles. The molecule has 1 fully saturated rings. The van der Waals surface area contributed by atoms with Gasteiger partial charge in [-0.1, -0.05) is 39.0 Å². The first kappa shape index (κ1) is 16.5. The number of hydrogen-bond acceptors (Lipinski definition) is 3. The van der Waals surface area contributed by atoms with E-state index in [1.807, 2.05) is 18.2 Å². The van der Waals surface area contributed by atoms with E-state index < -0.39 is 14.6 Å². The van der Waals surface area contributed by atoms with Crippen LogP contribution in [0.15, 0.2) is 18.2 Å². The van der Waals surface area contributed by atoms with Crippen LogP contribution >= 0.6 is 7.82 Å². The molecule has 0 amide bonds. The van der Waals surface area contributed by atoms with Crippen LogP contribution in [0, 0.1) is 5.92 Å². The number of hydrogen-bond donors (Lipinski definition) is 2. The fourth-order valence-electron chi connectivity index (χ4n) is 2.56. The van der Waals surface area contributed by atoms with Gasteiger partial charge in [-0.25, -0.2) is 9.09 Å². The molecule has 1 saturated carbocycles. The van der Waals surface area contributed by atoms with Crippen molar-refractivity contribution in [1.82, 2.24) is 0 Å². The Morgan fingerprint density at radius 1 is 1.24 bits per heavy atom. The lowest BCUT2D eigenvalue weighted by atomic mass is 9.90. The Hall–Kier alpha value is -0.870. The van der Waals surface area contributed by atoms with Crippen molar-refractivity contribution in [3.63, 3.8) is 0 Å². The van der Waals surface area contributed by atoms with Crippen molar-refractivity contribution in [2.45, 2.75) is 45.4 Å². The molecule has 0 spiro atoms. The van der Waals surface area contributed by atoms with Crippen LogP contribution in [0.5, 0.6) is 5.75 Å². The molecule has 0 saturated heterocycles. The third-order valence-corrected chi connectivity index (χ3v) is 4.38. The van der Waals surface area contributed by atoms with Gasteiger partial charge in [0.15, 0.2) is 6.79 Å². The van der Waals surface area contributed by atoms with Crippen molar-refractivity contribution >= 4 is 7.82 Å². The molecular weight excluding hydrogens is 291 g/mol. The van der Waals surface area contributed by atoms with E-state index >= 15 is 0 Å². The molecule has 5 nitrogen and oxygen atoms in total. The van der Waals surface area contributed by atoms with Crippen molar-refractivity contribution in [3.8, 4) is 5.75 Å². The van der Waals surface area contributed by atoms with Crippen LogP contribution in [0.2, 0.25) is 0 Å². The Morgan fingerprint density at radius 3 is 2.38 bits per heavy atom. The Morgan fingerprint density at radius 2 is 1.86 bits per heavy atom. The molecule has 1 aliphatic carbocycles. The lowest BCUT2D eigenvalue weighted by Crippen LogP contribution is -2.08. The lowest BCUT2D eigenvalue weighted by molar-refractivity contribution is 0.0809. The van der Waals surface area contributed by atoms with E-state index in [0.29, 0.717) is 17.6 Å². The van der Waals surface area contributed by atoms with Crippen molar-refractivity contribution in [2.75, 3.05) is 6.79 Å². The van der Waals surface area contributed by atoms with Gasteiger partial charge in [-0.3, -0.25) is 0 Å². The fraction of sp³-hybridized carbons (Fsp3) is 0.600. The summed E-state index contributed by atoms with van der Waals surface area (Å²) >= 11 is 0. The first-order valence-electron chi connectivity index (χ1n) is 7.25. The van der Waals surface area contributed by atoms with Gasteiger partial charge in [0, 0.05) is 0 Å². The summed E-state index contributed by atoms with van der Waals surface area (Å²) in [7, 11) is -4.51. The second-order valence-corrected chi connectivity index (χ2v) is 7.17. The van der Waals surface area contributed by atoms with Crippen LogP contribution in [-0.2, 0) is 9.09 Å². The minimum Gasteiger partial charge on any atom is -0.466 e. The van der Waals surface area contributed by atoms with E-state index in [1.165, 1.54) is 12.8 Å². The average Bonchev–Trinajstić information content (AvgIpc) is 3.20. The maximum atomic E-state index is 10.8. The lowest BCUT2D eigenvalue weighted by Gasteiger charge is -2.21. The number of phosphoric acid groups is 1. The van der Waals surface area contributed by atoms with Crippen LogP contribution in [0.3, 0.4) is 0 Å². The van der Waals surface area contributed by atoms with Crippen LogP contribution in [0.1, 0.15) is 56.6 Å². The smallest absolute Gasteiger partial charge is 0.466 e. The Labute approximate surface area is 125 Å². The van der Waals surface area contributed by atoms with Gasteiger partial charge in [-0.2, -0.15) is 0 Å². The first-order valence-corrected chi connectivity index (χ1v) is 8.78. The van der Waals surface area contributed by atoms with Gasteiger partial charge in [0.05, 0.1) is 0 Å². The second-order valence-electron chi connectivity index (χ2n) is 5.93. The highest BCUT2D eigenvalue weighted by atomic mass is 31.2. The summed E-state index contributed by atoms with van der Waals surface area (Å²) in [6, 6.07) is 6.03. The molecule has 1 atom stereocenters. The molecule has 1 aromatic rings. The summed E-state index contributed by atoms with van der Waals surface area (Å²) in [5, 5.41) is 0. The number of para-hydroxylation sites is 1. The Balaban J connectivity index is 2.23. The van der Waals surface area contributed by atoms with Crippen molar-refractivity contribution in [2.24, 2.45) is 5.92 Å². The second kappa shape index (κ2) is 6.49. The van der Waals surface area contributed by atoms with Crippen LogP contribution in [-0.4, -0.2) is 16.6 Å². The molecular formula is C15H23O5P. The first-order chi connectivity index (χ1) is 9.79. The van der Waals surface area contributed by atoms with Gasteiger partial charge in [-0.15, -0.1) is 0 Å². The van der Waals surface area contributed by atoms with Gasteiger partial charge in [0.1, 0.15) is 5.75 Å². The number of phosphoric ester groups is 1. The van der Waals surface area contributed by atoms with Crippen molar-refractivity contribution in [3.05, 3.63) is 29.3 Å². The maximum absolute atomic E-state index is 10.8. The van der Waals surface area contributed by atoms with Crippen molar-refractivity contribution in [1.29, 1.82) is 0 Å². The summed E-state index contributed by atoms with van der Waals surface area (Å²) in [6.07, 6.45) is 2.46. The molecule has 0 heterocycles. The molecule has 6 heteroatoms. The molecule has 0 bridgehead atoms. The predicted molar refractivity (Wildman–Crippen MR) is 80.3 cm³/mol. The van der Waals surface area contributed by atoms with E-state index in [2.05, 4.69) is 25.3 Å². The van der Waals surface area contributed by atoms with Gasteiger partial charge in [-0.05, 0) is 41.7 Å². The number of ether oxygens (including phenoxy) is 1. The van der Waals surface area contributed by atoms with E-state index in [-0.39, 0.29) is 5.92 Å². The quantitative estimate of drug-likeness (QED) is 0.592. The molecule has 2 N–H and O–H groups in total. The zero-order chi connectivity index (χ0) is 15.6. The molecule has 21 heavy (non-hydrogen) atoms. The molecule has 0 unspecified atom stereocenters. The van der Waals surface area contributed by atoms with Gasteiger partial charge < -0.3 is 14.5 Å². The topological polar surface area (TPSA) is 76.0 Å². The summed E-state index contributed by atoms with van der Waals surface area (Å²) in [6.45, 7) is 5.86. The predicted octanol–water partition coefficient (Wildman–Crippen LogP) is 3.77. The standard InChI is InChI=1S/C15H23O5P/c1-10(2)13-5-4-6-14(11(3)12-7-8-12)15(13)19-9-20-21(16,17)18/h4-6,10-12H,7-9H2,1-3H3,(H2,16,17,18)/t11-/m1/s1. The molecule has 2 rings (SSSR count). The highest BCUT2D eigenvalue weighted by Gasteiger charge is 2.31. The summed E-state index contributed by atoms with van der Waals surface area (Å²) in [5.74, 6) is 2.04. The van der Waals surface area contributed by atoms with Gasteiger partial charge >= 0.3 is 7.82 Å². The monoisotopic (exact) mass is 314 g/mol. The molecule has 0 aliphatic heterocycles. The average molecular weight is 314 g/mol. The zero-order valence-electron chi connectivity index (χ0n) is 12.7. The number of benzene rings is 1. The maximum Gasteiger partial charge on any atom is 0.472 e. The number of rotatable bonds is 7. The third kappa shape index (κ3) is 4.55. The van der Waals surface area contributed by atoms with E-state index in [4.69, 9.17) is 14.5 Å². The molecule has 1 aliphatic rings. The van der Waals surface area contributed by atoms with Crippen LogP contribution < -0.4 is 4.74 Å². The Bertz CT molecular complexity index is 533. The minimum absolute atomic E-state index is 0.265.